The number of piperidine rings is 1. The first-order valence-electron chi connectivity index (χ1n) is 26.9. The average molecular weight is 1070 g/mol. The number of Topliss-reactive ketones (excluding diaryl/α,β-unsaturated/α-hetero) is 3. The van der Waals surface area contributed by atoms with Crippen LogP contribution in [0, 0.1) is 35.5 Å². The zero-order valence-electron chi connectivity index (χ0n) is 45.6. The van der Waals surface area contributed by atoms with Crippen LogP contribution in [-0.2, 0) is 57.1 Å². The topological polar surface area (TPSA) is 214 Å². The summed E-state index contributed by atoms with van der Waals surface area (Å²) in [5, 5.41) is 33.0. The molecule has 3 N–H and O–H groups in total. The molecule has 3 heterocycles. The van der Waals surface area contributed by atoms with Gasteiger partial charge in [-0.1, -0.05) is 71.1 Å². The molecule has 4 rings (SSSR count). The molecule has 15 atom stereocenters. The zero-order valence-corrected chi connectivity index (χ0v) is 45.6. The Kier molecular flexibility index (Phi) is 26.0. The van der Waals surface area contributed by atoms with Gasteiger partial charge in [0.2, 0.25) is 5.79 Å². The van der Waals surface area contributed by atoms with E-state index in [1.165, 1.54) is 7.11 Å². The van der Waals surface area contributed by atoms with Crippen molar-refractivity contribution in [2.45, 2.75) is 186 Å². The second kappa shape index (κ2) is 30.5. The van der Waals surface area contributed by atoms with Gasteiger partial charge in [0, 0.05) is 51.4 Å². The fourth-order valence-corrected chi connectivity index (χ4v) is 10.8. The summed E-state index contributed by atoms with van der Waals surface area (Å²) >= 11 is 0. The van der Waals surface area contributed by atoms with E-state index in [9.17, 15) is 52.5 Å². The molecule has 1 aliphatic carbocycles. The van der Waals surface area contributed by atoms with E-state index < -0.39 is 96.5 Å². The number of methoxy groups -OCH3 is 2. The van der Waals surface area contributed by atoms with E-state index in [1.54, 1.807) is 72.1 Å². The highest BCUT2D eigenvalue weighted by Crippen LogP contribution is 2.38. The Morgan fingerprint density at radius 1 is 0.853 bits per heavy atom. The Labute approximate surface area is 441 Å². The van der Waals surface area contributed by atoms with Gasteiger partial charge in [0.25, 0.3) is 11.7 Å². The molecule has 75 heavy (non-hydrogen) atoms. The summed E-state index contributed by atoms with van der Waals surface area (Å²) in [7, 11) is 2.94. The van der Waals surface area contributed by atoms with Crippen molar-refractivity contribution in [1.29, 1.82) is 0 Å². The Bertz CT molecular complexity index is 1990. The highest BCUT2D eigenvalue weighted by molar-refractivity contribution is 6.39. The molecule has 4 aliphatic rings. The Morgan fingerprint density at radius 3 is 2.27 bits per heavy atom. The third-order valence-electron chi connectivity index (χ3n) is 15.4. The summed E-state index contributed by atoms with van der Waals surface area (Å²) in [6.07, 6.45) is 4.90. The maximum atomic E-state index is 14.5. The van der Waals surface area contributed by atoms with E-state index in [0.29, 0.717) is 56.1 Å². The van der Waals surface area contributed by atoms with Crippen LogP contribution in [0.25, 0.3) is 0 Å². The molecular formula is C56H86F3NO15. The van der Waals surface area contributed by atoms with E-state index >= 15 is 0 Å². The van der Waals surface area contributed by atoms with Gasteiger partial charge in [-0.25, -0.2) is 4.79 Å². The zero-order chi connectivity index (χ0) is 55.6. The van der Waals surface area contributed by atoms with E-state index in [0.717, 1.165) is 11.3 Å². The summed E-state index contributed by atoms with van der Waals surface area (Å²) in [6.45, 7) is 10.2. The SMILES string of the molecule is CO[C@@H]1C[C@H](C[C@@H](C)[C@@H]2CC(=O)[C@H](C)/C=C(\C)[C@@H](O)[C@@H](OC)C(=O)[C@H](C)C[C@H](C)\C=C/C=C/C=C(\C)[C@@H](OCCOCC(F)(F)F)C[C@@H]3CC[C@@H](C)[C@@](O)(O3)C(=O)C(=O)N3CCCC[C@H]3C(=O)O2)CC[C@H]1OCCO. The van der Waals surface area contributed by atoms with Gasteiger partial charge in [-0.3, -0.25) is 19.2 Å². The number of ether oxygens (including phenoxy) is 7. The third kappa shape index (κ3) is 19.0. The van der Waals surface area contributed by atoms with E-state index in [-0.39, 0.29) is 94.3 Å². The summed E-state index contributed by atoms with van der Waals surface area (Å²) in [5.74, 6) is -8.98. The number of fused-ring (bicyclic) bond motifs is 3. The first kappa shape index (κ1) is 63.9. The van der Waals surface area contributed by atoms with Crippen LogP contribution in [0.2, 0.25) is 0 Å². The number of rotatable bonds is 13. The van der Waals surface area contributed by atoms with Crippen LogP contribution < -0.4 is 0 Å². The lowest BCUT2D eigenvalue weighted by atomic mass is 9.78. The van der Waals surface area contributed by atoms with Crippen molar-refractivity contribution in [2.24, 2.45) is 35.5 Å². The molecule has 3 aliphatic heterocycles. The van der Waals surface area contributed by atoms with E-state index in [1.807, 2.05) is 19.9 Å². The number of allylic oxidation sites excluding steroid dienone is 6. The molecule has 0 unspecified atom stereocenters. The third-order valence-corrected chi connectivity index (χ3v) is 15.4. The minimum Gasteiger partial charge on any atom is -0.460 e. The van der Waals surface area contributed by atoms with Crippen LogP contribution in [0.4, 0.5) is 13.2 Å². The van der Waals surface area contributed by atoms with Gasteiger partial charge in [0.1, 0.15) is 36.7 Å². The first-order chi connectivity index (χ1) is 35.4. The Morgan fingerprint density at radius 2 is 1.59 bits per heavy atom. The minimum absolute atomic E-state index is 0.00247. The number of carbonyl (C=O) groups is 5. The predicted molar refractivity (Wildman–Crippen MR) is 272 cm³/mol. The molecule has 1 saturated carbocycles. The number of halogens is 3. The molecule has 0 radical (unpaired) electrons. The van der Waals surface area contributed by atoms with Crippen molar-refractivity contribution in [3.05, 3.63) is 47.6 Å². The Balaban J connectivity index is 1.71. The van der Waals surface area contributed by atoms with Crippen LogP contribution in [0.1, 0.15) is 126 Å². The van der Waals surface area contributed by atoms with Crippen molar-refractivity contribution in [3.63, 3.8) is 0 Å². The molecule has 0 aromatic rings. The second-order valence-electron chi connectivity index (χ2n) is 21.5. The number of amides is 1. The molecule has 0 aromatic heterocycles. The minimum atomic E-state index is -4.53. The second-order valence-corrected chi connectivity index (χ2v) is 21.5. The number of carbonyl (C=O) groups excluding carboxylic acids is 5. The van der Waals surface area contributed by atoms with Gasteiger partial charge in [0.15, 0.2) is 5.78 Å². The smallest absolute Gasteiger partial charge is 0.411 e. The average Bonchev–Trinajstić information content (AvgIpc) is 3.37. The number of aliphatic hydroxyl groups excluding tert-OH is 2. The van der Waals surface area contributed by atoms with Gasteiger partial charge >= 0.3 is 12.1 Å². The number of cyclic esters (lactones) is 1. The van der Waals surface area contributed by atoms with Crippen LogP contribution >= 0.6 is 0 Å². The standard InChI is InChI=1S/C56H86F3NO15/c1-34-15-11-10-12-16-35(2)46(73-26-25-71-33-55(57,58)59)31-42-20-18-40(7)56(68,75-42)52(65)53(66)60-22-14-13-17-43(60)54(67)74-47(37(4)29-41-19-21-45(72-24-23-61)48(30-41)69-8)32-44(62)36(3)28-39(6)50(64)51(70-9)49(63)38(5)27-34/h10-12,15-16,28,34,36-38,40-43,45-48,50-51,61,64,68H,13-14,17-27,29-33H2,1-9H3/b12-10+,15-11-,35-16+,39-28+/t34-,36-,37-,38-,40-,41+,42+,43+,45-,46+,47+,48-,50-,51+,56-/m1/s1. The molecule has 2 saturated heterocycles. The molecule has 3 fully saturated rings. The quantitative estimate of drug-likeness (QED) is 0.0723. The van der Waals surface area contributed by atoms with Gasteiger partial charge in [-0.05, 0) is 107 Å². The van der Waals surface area contributed by atoms with Crippen LogP contribution in [0.15, 0.2) is 47.6 Å². The highest BCUT2D eigenvalue weighted by Gasteiger charge is 2.53. The summed E-state index contributed by atoms with van der Waals surface area (Å²) in [4.78, 5) is 72.5. The lowest BCUT2D eigenvalue weighted by Gasteiger charge is -2.43. The molecule has 426 valence electrons. The Hall–Kier alpha value is -3.66. The van der Waals surface area contributed by atoms with Gasteiger partial charge in [-0.15, -0.1) is 0 Å². The molecule has 0 spiro atoms. The maximum Gasteiger partial charge on any atom is 0.411 e. The van der Waals surface area contributed by atoms with Crippen molar-refractivity contribution in [1.82, 2.24) is 4.90 Å². The van der Waals surface area contributed by atoms with E-state index in [2.05, 4.69) is 0 Å². The number of hydrogen-bond acceptors (Lipinski definition) is 15. The largest absolute Gasteiger partial charge is 0.460 e. The number of aliphatic hydroxyl groups is 3. The number of hydrogen-bond donors (Lipinski definition) is 3. The van der Waals surface area contributed by atoms with Gasteiger partial charge in [-0.2, -0.15) is 13.2 Å². The molecule has 19 heteroatoms. The molecule has 2 bridgehead atoms. The predicted octanol–water partition coefficient (Wildman–Crippen LogP) is 7.15. The lowest BCUT2D eigenvalue weighted by molar-refractivity contribution is -0.266. The number of nitrogens with zero attached hydrogens (tertiary/aromatic N) is 1. The molecule has 16 nitrogen and oxygen atoms in total. The van der Waals surface area contributed by atoms with Crippen LogP contribution in [0.5, 0.6) is 0 Å². The van der Waals surface area contributed by atoms with Crippen molar-refractivity contribution in [3.8, 4) is 0 Å². The maximum absolute atomic E-state index is 14.5. The molecule has 0 aromatic carbocycles. The fraction of sp³-hybridized carbons (Fsp3) is 0.768. The normalized spacial score (nSPS) is 36.9. The van der Waals surface area contributed by atoms with Crippen molar-refractivity contribution in [2.75, 3.05) is 53.8 Å². The number of alkyl halides is 3. The van der Waals surface area contributed by atoms with Crippen LogP contribution in [-0.4, -0.2) is 164 Å². The van der Waals surface area contributed by atoms with E-state index in [4.69, 9.17) is 33.2 Å². The van der Waals surface area contributed by atoms with Crippen molar-refractivity contribution < 1.29 is 85.6 Å². The van der Waals surface area contributed by atoms with Crippen LogP contribution in [0.3, 0.4) is 0 Å². The number of ketones is 3. The molecular weight excluding hydrogens is 984 g/mol. The monoisotopic (exact) mass is 1070 g/mol. The summed E-state index contributed by atoms with van der Waals surface area (Å²) < 4.78 is 79.0. The number of esters is 1. The molecule has 1 amide bonds. The van der Waals surface area contributed by atoms with Gasteiger partial charge in [0.05, 0.1) is 50.8 Å². The van der Waals surface area contributed by atoms with Crippen molar-refractivity contribution >= 4 is 29.2 Å². The highest BCUT2D eigenvalue weighted by atomic mass is 19.4. The van der Waals surface area contributed by atoms with Gasteiger partial charge < -0.3 is 53.4 Å². The fourth-order valence-electron chi connectivity index (χ4n) is 10.8. The first-order valence-corrected chi connectivity index (χ1v) is 26.9. The lowest BCUT2D eigenvalue weighted by Crippen LogP contribution is -2.61. The summed E-state index contributed by atoms with van der Waals surface area (Å²) in [5.41, 5.74) is 0.982. The summed E-state index contributed by atoms with van der Waals surface area (Å²) in [6, 6.07) is -1.23.